The van der Waals surface area contributed by atoms with Crippen LogP contribution in [0.15, 0.2) is 48.8 Å². The summed E-state index contributed by atoms with van der Waals surface area (Å²) in [4.78, 5) is 12.9. The van der Waals surface area contributed by atoms with Gasteiger partial charge in [-0.3, -0.25) is 4.79 Å². The molecule has 4 nitrogen and oxygen atoms in total. The van der Waals surface area contributed by atoms with Crippen LogP contribution >= 0.6 is 23.2 Å². The second-order valence-electron chi connectivity index (χ2n) is 8.39. The average Bonchev–Trinajstić information content (AvgIpc) is 3.35. The van der Waals surface area contributed by atoms with Crippen molar-refractivity contribution < 1.29 is 9.53 Å². The molecule has 0 unspecified atom stereocenters. The van der Waals surface area contributed by atoms with Gasteiger partial charge in [-0.1, -0.05) is 36.5 Å². The topological polar surface area (TPSA) is 36.2 Å². The Labute approximate surface area is 205 Å². The summed E-state index contributed by atoms with van der Waals surface area (Å²) in [6.45, 7) is 8.43. The molecule has 0 N–H and O–H groups in total. The first-order valence-corrected chi connectivity index (χ1v) is 12.4. The summed E-state index contributed by atoms with van der Waals surface area (Å²) in [6.07, 6.45) is 6.43. The predicted molar refractivity (Wildman–Crippen MR) is 138 cm³/mol. The van der Waals surface area contributed by atoms with Gasteiger partial charge in [0.25, 0.3) is 0 Å². The number of halogens is 2. The highest BCUT2D eigenvalue weighted by Gasteiger charge is 2.27. The second kappa shape index (κ2) is 10.2. The third-order valence-electron chi connectivity index (χ3n) is 6.31. The van der Waals surface area contributed by atoms with Crippen LogP contribution in [0.2, 0.25) is 10.0 Å². The Kier molecular flexibility index (Phi) is 7.35. The van der Waals surface area contributed by atoms with Crippen LogP contribution in [-0.2, 0) is 22.6 Å². The maximum atomic E-state index is 12.9. The zero-order valence-electron chi connectivity index (χ0n) is 19.4. The van der Waals surface area contributed by atoms with E-state index in [1.807, 2.05) is 36.4 Å². The quantitative estimate of drug-likeness (QED) is 0.179. The Bertz CT molecular complexity index is 1200. The van der Waals surface area contributed by atoms with Crippen molar-refractivity contribution in [3.05, 3.63) is 70.0 Å². The normalized spacial score (nSPS) is 11.7. The van der Waals surface area contributed by atoms with E-state index in [-0.39, 0.29) is 18.3 Å². The van der Waals surface area contributed by atoms with Crippen LogP contribution in [0.3, 0.4) is 0 Å². The molecule has 0 spiro atoms. The molecule has 2 heterocycles. The largest absolute Gasteiger partial charge is 0.466 e. The van der Waals surface area contributed by atoms with Crippen molar-refractivity contribution in [2.45, 2.75) is 59.0 Å². The number of rotatable bonds is 9. The number of benzene rings is 2. The van der Waals surface area contributed by atoms with E-state index in [2.05, 4.69) is 42.3 Å². The molecule has 174 valence electrons. The summed E-state index contributed by atoms with van der Waals surface area (Å²) in [5.74, 6) is -0.367. The van der Waals surface area contributed by atoms with E-state index in [4.69, 9.17) is 27.9 Å². The van der Waals surface area contributed by atoms with Crippen LogP contribution < -0.4 is 0 Å². The standard InChI is InChI=1S/C27H30Cl2N2O2/c1-4-7-12-33-27(32)15-20(23-16-30(5-2)25-10-8-18(28)13-21(23)25)24-17-31(6-3)26-11-9-19(29)14-22(24)26/h8-11,13-14,16-17,20H,4-7,12,15H2,1-3H3. The molecular weight excluding hydrogens is 455 g/mol. The highest BCUT2D eigenvalue weighted by Crippen LogP contribution is 2.40. The van der Waals surface area contributed by atoms with E-state index >= 15 is 0 Å². The summed E-state index contributed by atoms with van der Waals surface area (Å²) >= 11 is 12.8. The molecule has 0 radical (unpaired) electrons. The zero-order chi connectivity index (χ0) is 23.5. The number of unbranched alkanes of at least 4 members (excludes halogenated alkanes) is 1. The summed E-state index contributed by atoms with van der Waals surface area (Å²) in [5.41, 5.74) is 4.38. The first-order valence-electron chi connectivity index (χ1n) is 11.7. The molecule has 0 aliphatic rings. The summed E-state index contributed by atoms with van der Waals surface area (Å²) < 4.78 is 10.0. The van der Waals surface area contributed by atoms with Gasteiger partial charge >= 0.3 is 5.97 Å². The van der Waals surface area contributed by atoms with Crippen LogP contribution in [0.5, 0.6) is 0 Å². The van der Waals surface area contributed by atoms with Crippen molar-refractivity contribution >= 4 is 51.0 Å². The maximum absolute atomic E-state index is 12.9. The molecule has 0 bridgehead atoms. The minimum absolute atomic E-state index is 0.179. The Balaban J connectivity index is 1.90. The van der Waals surface area contributed by atoms with E-state index in [1.54, 1.807) is 0 Å². The van der Waals surface area contributed by atoms with Crippen molar-refractivity contribution in [3.63, 3.8) is 0 Å². The second-order valence-corrected chi connectivity index (χ2v) is 9.27. The molecule has 2 aromatic carbocycles. The molecule has 0 aliphatic heterocycles. The molecule has 0 atom stereocenters. The molecule has 0 fully saturated rings. The van der Waals surface area contributed by atoms with Crippen LogP contribution in [0.4, 0.5) is 0 Å². The number of carbonyl (C=O) groups is 1. The Morgan fingerprint density at radius 1 is 0.879 bits per heavy atom. The lowest BCUT2D eigenvalue weighted by molar-refractivity contribution is -0.144. The lowest BCUT2D eigenvalue weighted by atomic mass is 9.88. The van der Waals surface area contributed by atoms with Gasteiger partial charge in [-0.2, -0.15) is 0 Å². The fourth-order valence-electron chi connectivity index (χ4n) is 4.62. The monoisotopic (exact) mass is 484 g/mol. The van der Waals surface area contributed by atoms with Gasteiger partial charge in [0.1, 0.15) is 0 Å². The van der Waals surface area contributed by atoms with Crippen LogP contribution in [0.1, 0.15) is 57.1 Å². The number of carbonyl (C=O) groups excluding carboxylic acids is 1. The van der Waals surface area contributed by atoms with Gasteiger partial charge in [0.2, 0.25) is 0 Å². The zero-order valence-corrected chi connectivity index (χ0v) is 20.9. The SMILES string of the molecule is CCCCOC(=O)CC(c1cn(CC)c2ccc(Cl)cc12)c1cn(CC)c2ccc(Cl)cc12. The molecular formula is C27H30Cl2N2O2. The minimum Gasteiger partial charge on any atom is -0.466 e. The van der Waals surface area contributed by atoms with Gasteiger partial charge in [-0.25, -0.2) is 0 Å². The van der Waals surface area contributed by atoms with Gasteiger partial charge in [-0.05, 0) is 67.8 Å². The molecule has 0 saturated heterocycles. The van der Waals surface area contributed by atoms with Gasteiger partial charge in [0.05, 0.1) is 13.0 Å². The van der Waals surface area contributed by atoms with Crippen molar-refractivity contribution in [3.8, 4) is 0 Å². The number of fused-ring (bicyclic) bond motifs is 2. The first-order chi connectivity index (χ1) is 16.0. The maximum Gasteiger partial charge on any atom is 0.306 e. The average molecular weight is 485 g/mol. The van der Waals surface area contributed by atoms with E-state index < -0.39 is 0 Å². The molecule has 0 amide bonds. The minimum atomic E-state index is -0.188. The Morgan fingerprint density at radius 2 is 1.39 bits per heavy atom. The summed E-state index contributed by atoms with van der Waals surface area (Å²) in [5, 5.41) is 3.49. The third kappa shape index (κ3) is 4.78. The van der Waals surface area contributed by atoms with Gasteiger partial charge in [0.15, 0.2) is 0 Å². The van der Waals surface area contributed by atoms with Crippen LogP contribution in [-0.4, -0.2) is 21.7 Å². The smallest absolute Gasteiger partial charge is 0.306 e. The predicted octanol–water partition coefficient (Wildman–Crippen LogP) is 7.81. The van der Waals surface area contributed by atoms with Gasteiger partial charge < -0.3 is 13.9 Å². The van der Waals surface area contributed by atoms with Crippen molar-refractivity contribution in [1.82, 2.24) is 9.13 Å². The lowest BCUT2D eigenvalue weighted by Gasteiger charge is -2.16. The van der Waals surface area contributed by atoms with Gasteiger partial charge in [0, 0.05) is 63.3 Å². The fourth-order valence-corrected chi connectivity index (χ4v) is 4.96. The van der Waals surface area contributed by atoms with Gasteiger partial charge in [-0.15, -0.1) is 0 Å². The van der Waals surface area contributed by atoms with Crippen LogP contribution in [0, 0.1) is 0 Å². The number of aryl methyl sites for hydroxylation is 2. The summed E-state index contributed by atoms with van der Waals surface area (Å²) in [6, 6.07) is 11.9. The molecule has 33 heavy (non-hydrogen) atoms. The first kappa shape index (κ1) is 23.7. The molecule has 6 heteroatoms. The Hall–Kier alpha value is -2.43. The Morgan fingerprint density at radius 3 is 1.85 bits per heavy atom. The number of aromatic nitrogens is 2. The molecule has 4 aromatic rings. The summed E-state index contributed by atoms with van der Waals surface area (Å²) in [7, 11) is 0. The third-order valence-corrected chi connectivity index (χ3v) is 6.78. The lowest BCUT2D eigenvalue weighted by Crippen LogP contribution is -2.12. The number of ether oxygens (including phenoxy) is 1. The van der Waals surface area contributed by atoms with Crippen molar-refractivity contribution in [2.24, 2.45) is 0 Å². The van der Waals surface area contributed by atoms with E-state index in [0.29, 0.717) is 16.7 Å². The van der Waals surface area contributed by atoms with Crippen molar-refractivity contribution in [1.29, 1.82) is 0 Å². The molecule has 0 aliphatic carbocycles. The molecule has 0 saturated carbocycles. The number of nitrogens with zero attached hydrogens (tertiary/aromatic N) is 2. The number of esters is 1. The highest BCUT2D eigenvalue weighted by atomic mass is 35.5. The highest BCUT2D eigenvalue weighted by molar-refractivity contribution is 6.31. The molecule has 2 aromatic heterocycles. The molecule has 4 rings (SSSR count). The van der Waals surface area contributed by atoms with E-state index in [0.717, 1.165) is 58.9 Å². The van der Waals surface area contributed by atoms with Crippen LogP contribution in [0.25, 0.3) is 21.8 Å². The van der Waals surface area contributed by atoms with E-state index in [9.17, 15) is 4.79 Å². The number of hydrogen-bond acceptors (Lipinski definition) is 2. The fraction of sp³-hybridized carbons (Fsp3) is 0.370. The van der Waals surface area contributed by atoms with E-state index in [1.165, 1.54) is 0 Å². The van der Waals surface area contributed by atoms with Crippen molar-refractivity contribution in [2.75, 3.05) is 6.61 Å². The number of hydrogen-bond donors (Lipinski definition) is 0.